The van der Waals surface area contributed by atoms with E-state index in [0.29, 0.717) is 37.1 Å². The van der Waals surface area contributed by atoms with Gasteiger partial charge in [-0.1, -0.05) is 58.1 Å². The lowest BCUT2D eigenvalue weighted by atomic mass is 9.60. The zero-order valence-corrected chi connectivity index (χ0v) is 21.3. The highest BCUT2D eigenvalue weighted by molar-refractivity contribution is 5.85. The smallest absolute Gasteiger partial charge is 0.306 e. The molecule has 4 rings (SSSR count). The van der Waals surface area contributed by atoms with Crippen molar-refractivity contribution in [2.24, 2.45) is 29.6 Å². The van der Waals surface area contributed by atoms with E-state index in [1.165, 1.54) is 24.8 Å². The number of ketones is 1. The Kier molecular flexibility index (Phi) is 7.69. The van der Waals surface area contributed by atoms with Gasteiger partial charge in [0.15, 0.2) is 0 Å². The summed E-state index contributed by atoms with van der Waals surface area (Å²) in [7, 11) is 0. The summed E-state index contributed by atoms with van der Waals surface area (Å²) < 4.78 is 19.5. The molecule has 0 N–H and O–H groups in total. The van der Waals surface area contributed by atoms with E-state index in [-0.39, 0.29) is 35.9 Å². The van der Waals surface area contributed by atoms with E-state index in [2.05, 4.69) is 40.7 Å². The van der Waals surface area contributed by atoms with Gasteiger partial charge in [-0.15, -0.1) is 0 Å². The number of hydrogen-bond acceptors (Lipinski definition) is 5. The van der Waals surface area contributed by atoms with E-state index < -0.39 is 11.7 Å². The Morgan fingerprint density at radius 1 is 1.21 bits per heavy atom. The minimum atomic E-state index is -0.749. The monoisotopic (exact) mass is 460 g/mol. The molecule has 2 saturated heterocycles. The number of unbranched alkanes of at least 4 members (excludes halogenated alkanes) is 4. The predicted octanol–water partition coefficient (Wildman–Crippen LogP) is 5.65. The molecule has 1 aliphatic carbocycles. The molecule has 0 amide bonds. The van der Waals surface area contributed by atoms with Crippen molar-refractivity contribution in [2.75, 3.05) is 6.61 Å². The molecule has 1 saturated carbocycles. The highest BCUT2D eigenvalue weighted by atomic mass is 16.6. The van der Waals surface area contributed by atoms with Crippen molar-refractivity contribution in [1.82, 2.24) is 0 Å². The van der Waals surface area contributed by atoms with Crippen LogP contribution in [0.25, 0.3) is 0 Å². The Morgan fingerprint density at radius 2 is 1.97 bits per heavy atom. The topological polar surface area (TPSA) is 61.8 Å². The minimum Gasteiger partial charge on any atom is -0.459 e. The summed E-state index contributed by atoms with van der Waals surface area (Å²) in [5, 5.41) is 0. The van der Waals surface area contributed by atoms with Crippen LogP contribution in [0.15, 0.2) is 11.6 Å². The summed E-state index contributed by atoms with van der Waals surface area (Å²) in [4.78, 5) is 26.3. The molecular formula is C28H44O5. The first-order valence-electron chi connectivity index (χ1n) is 13.4. The van der Waals surface area contributed by atoms with Gasteiger partial charge in [-0.2, -0.15) is 0 Å². The average Bonchev–Trinajstić information content (AvgIpc) is 3.13. The van der Waals surface area contributed by atoms with Crippen LogP contribution in [0.4, 0.5) is 0 Å². The second-order valence-electron chi connectivity index (χ2n) is 11.5. The van der Waals surface area contributed by atoms with E-state index >= 15 is 0 Å². The summed E-state index contributed by atoms with van der Waals surface area (Å²) in [5.41, 5.74) is 0.458. The van der Waals surface area contributed by atoms with Crippen LogP contribution in [-0.4, -0.2) is 42.3 Å². The molecule has 0 radical (unpaired) electrons. The summed E-state index contributed by atoms with van der Waals surface area (Å²) in [6.45, 7) is 11.3. The number of esters is 1. The van der Waals surface area contributed by atoms with Crippen LogP contribution in [0.1, 0.15) is 92.4 Å². The number of ether oxygens (including phenoxy) is 3. The Labute approximate surface area is 200 Å². The fourth-order valence-electron chi connectivity index (χ4n) is 6.97. The van der Waals surface area contributed by atoms with E-state index in [4.69, 9.17) is 14.2 Å². The molecular weight excluding hydrogens is 416 g/mol. The first-order valence-corrected chi connectivity index (χ1v) is 13.4. The van der Waals surface area contributed by atoms with Crippen molar-refractivity contribution in [3.05, 3.63) is 11.6 Å². The lowest BCUT2D eigenvalue weighted by molar-refractivity contribution is -0.202. The number of fused-ring (bicyclic) bond motifs is 2. The molecule has 3 fully saturated rings. The molecule has 4 aliphatic rings. The van der Waals surface area contributed by atoms with Gasteiger partial charge in [-0.05, 0) is 44.9 Å². The fraction of sp³-hybridized carbons (Fsp3) is 0.857. The van der Waals surface area contributed by atoms with Crippen LogP contribution in [0.3, 0.4) is 0 Å². The SMILES string of the molecule is CCCCCCCC(=O)O[C@@H]1C/C=C(/C)CC2OC3[C@H]4C(C[C@@H](C)C(=O)[C@@H]24)[C@@H](C)CO[C@]31C. The number of carbonyl (C=O) groups excluding carboxylic acids is 2. The van der Waals surface area contributed by atoms with E-state index in [1.807, 2.05) is 0 Å². The van der Waals surface area contributed by atoms with Crippen molar-refractivity contribution < 1.29 is 23.8 Å². The third kappa shape index (κ3) is 4.82. The van der Waals surface area contributed by atoms with Gasteiger partial charge in [0.05, 0.1) is 24.7 Å². The molecule has 5 heteroatoms. The second kappa shape index (κ2) is 10.2. The molecule has 5 nitrogen and oxygen atoms in total. The molecule has 0 spiro atoms. The Bertz CT molecular complexity index is 759. The second-order valence-corrected chi connectivity index (χ2v) is 11.5. The molecule has 0 aromatic heterocycles. The standard InChI is InChI=1S/C28H44O5/c1-6-7-8-9-10-11-23(29)33-22-13-12-17(2)14-21-25-24-20(15-18(3)26(25)30)19(4)16-31-28(22,5)27(24)32-21/h12,18-22,24-25,27H,6-11,13-16H2,1-5H3/b17-12-/t18-,19+,20?,21?,22-,24+,25+,27?,28+/m1/s1. The van der Waals surface area contributed by atoms with Crippen LogP contribution in [0.2, 0.25) is 0 Å². The molecule has 0 aromatic carbocycles. The zero-order chi connectivity index (χ0) is 23.8. The van der Waals surface area contributed by atoms with Crippen molar-refractivity contribution in [2.45, 2.75) is 116 Å². The summed E-state index contributed by atoms with van der Waals surface area (Å²) in [6.07, 6.45) is 9.73. The predicted molar refractivity (Wildman–Crippen MR) is 128 cm³/mol. The summed E-state index contributed by atoms with van der Waals surface area (Å²) >= 11 is 0. The van der Waals surface area contributed by atoms with Crippen molar-refractivity contribution in [3.63, 3.8) is 0 Å². The molecule has 2 bridgehead atoms. The van der Waals surface area contributed by atoms with E-state index in [0.717, 1.165) is 25.7 Å². The van der Waals surface area contributed by atoms with Crippen LogP contribution in [-0.2, 0) is 23.8 Å². The Hall–Kier alpha value is -1.20. The highest BCUT2D eigenvalue weighted by Gasteiger charge is 2.64. The average molecular weight is 461 g/mol. The lowest BCUT2D eigenvalue weighted by Crippen LogP contribution is -2.56. The first kappa shape index (κ1) is 24.9. The molecule has 3 aliphatic heterocycles. The van der Waals surface area contributed by atoms with Gasteiger partial charge >= 0.3 is 5.97 Å². The van der Waals surface area contributed by atoms with Gasteiger partial charge in [0.25, 0.3) is 0 Å². The van der Waals surface area contributed by atoms with Crippen LogP contribution >= 0.6 is 0 Å². The van der Waals surface area contributed by atoms with Gasteiger partial charge in [0.2, 0.25) is 0 Å². The zero-order valence-electron chi connectivity index (χ0n) is 21.3. The fourth-order valence-corrected chi connectivity index (χ4v) is 6.97. The summed E-state index contributed by atoms with van der Waals surface area (Å²) in [5.74, 6) is 1.10. The number of rotatable bonds is 7. The first-order chi connectivity index (χ1) is 15.8. The van der Waals surface area contributed by atoms with Crippen LogP contribution < -0.4 is 0 Å². The van der Waals surface area contributed by atoms with E-state index in [1.54, 1.807) is 0 Å². The minimum absolute atomic E-state index is 0.0708. The van der Waals surface area contributed by atoms with Gasteiger partial charge in [0, 0.05) is 24.7 Å². The van der Waals surface area contributed by atoms with Gasteiger partial charge in [-0.25, -0.2) is 0 Å². The third-order valence-corrected chi connectivity index (χ3v) is 8.97. The van der Waals surface area contributed by atoms with Crippen molar-refractivity contribution in [3.8, 4) is 0 Å². The number of hydrogen-bond donors (Lipinski definition) is 0. The van der Waals surface area contributed by atoms with Crippen LogP contribution in [0, 0.1) is 29.6 Å². The maximum atomic E-state index is 13.4. The number of carbonyl (C=O) groups is 2. The lowest BCUT2D eigenvalue weighted by Gasteiger charge is -2.44. The maximum Gasteiger partial charge on any atom is 0.306 e. The third-order valence-electron chi connectivity index (χ3n) is 8.97. The van der Waals surface area contributed by atoms with Crippen molar-refractivity contribution >= 4 is 11.8 Å². The van der Waals surface area contributed by atoms with Crippen molar-refractivity contribution in [1.29, 1.82) is 0 Å². The van der Waals surface area contributed by atoms with Crippen LogP contribution in [0.5, 0.6) is 0 Å². The van der Waals surface area contributed by atoms with Gasteiger partial charge in [0.1, 0.15) is 17.5 Å². The molecule has 33 heavy (non-hydrogen) atoms. The highest BCUT2D eigenvalue weighted by Crippen LogP contribution is 2.55. The molecule has 3 unspecified atom stereocenters. The molecule has 3 heterocycles. The van der Waals surface area contributed by atoms with Gasteiger partial charge < -0.3 is 14.2 Å². The van der Waals surface area contributed by atoms with E-state index in [9.17, 15) is 9.59 Å². The molecule has 0 aromatic rings. The quantitative estimate of drug-likeness (QED) is 0.279. The summed E-state index contributed by atoms with van der Waals surface area (Å²) in [6, 6.07) is 0. The normalized spacial score (nSPS) is 44.2. The Balaban J connectivity index is 1.60. The number of Topliss-reactive ketones (excluding diaryl/α,β-unsaturated/α-hetero) is 1. The van der Waals surface area contributed by atoms with Gasteiger partial charge in [-0.3, -0.25) is 9.59 Å². The Morgan fingerprint density at radius 3 is 2.73 bits per heavy atom. The molecule has 186 valence electrons. The molecule has 9 atom stereocenters. The largest absolute Gasteiger partial charge is 0.459 e. The maximum absolute atomic E-state index is 13.4.